The van der Waals surface area contributed by atoms with Gasteiger partial charge in [0, 0.05) is 18.0 Å². The first-order chi connectivity index (χ1) is 6.89. The highest BCUT2D eigenvalue weighted by molar-refractivity contribution is 7.91. The van der Waals surface area contributed by atoms with Gasteiger partial charge in [-0.25, -0.2) is 8.42 Å². The molecule has 0 saturated heterocycles. The lowest BCUT2D eigenvalue weighted by Gasteiger charge is -2.19. The summed E-state index contributed by atoms with van der Waals surface area (Å²) in [5, 5.41) is 8.87. The van der Waals surface area contributed by atoms with E-state index < -0.39 is 10.0 Å². The molecule has 0 aliphatic rings. The van der Waals surface area contributed by atoms with Crippen LogP contribution < -0.4 is 0 Å². The minimum atomic E-state index is -3.39. The van der Waals surface area contributed by atoms with Crippen LogP contribution in [0.2, 0.25) is 0 Å². The van der Waals surface area contributed by atoms with Gasteiger partial charge in [0.2, 0.25) is 0 Å². The third-order valence-electron chi connectivity index (χ3n) is 2.15. The van der Waals surface area contributed by atoms with Crippen LogP contribution in [0.15, 0.2) is 16.3 Å². The van der Waals surface area contributed by atoms with Crippen LogP contribution in [0, 0.1) is 0 Å². The lowest BCUT2D eigenvalue weighted by atomic mass is 10.4. The van der Waals surface area contributed by atoms with Crippen molar-refractivity contribution in [2.75, 3.05) is 7.05 Å². The Morgan fingerprint density at radius 1 is 1.47 bits per heavy atom. The molecule has 86 valence electrons. The smallest absolute Gasteiger partial charge is 0.252 e. The average molecular weight is 249 g/mol. The van der Waals surface area contributed by atoms with E-state index in [1.807, 2.05) is 13.8 Å². The van der Waals surface area contributed by atoms with Crippen LogP contribution in [0.3, 0.4) is 0 Å². The fourth-order valence-corrected chi connectivity index (χ4v) is 3.77. The van der Waals surface area contributed by atoms with E-state index in [0.717, 1.165) is 11.3 Å². The van der Waals surface area contributed by atoms with E-state index in [1.54, 1.807) is 13.1 Å². The maximum Gasteiger partial charge on any atom is 0.252 e. The first-order valence-corrected chi connectivity index (χ1v) is 6.83. The maximum absolute atomic E-state index is 12.0. The van der Waals surface area contributed by atoms with Crippen LogP contribution >= 0.6 is 11.3 Å². The Morgan fingerprint density at radius 3 is 2.47 bits per heavy atom. The predicted octanol–water partition coefficient (Wildman–Crippen LogP) is 1.27. The molecule has 0 unspecified atom stereocenters. The van der Waals surface area contributed by atoms with Crippen LogP contribution in [0.5, 0.6) is 0 Å². The minimum Gasteiger partial charge on any atom is -0.391 e. The fourth-order valence-electron chi connectivity index (χ4n) is 1.00. The molecular weight excluding hydrogens is 234 g/mol. The lowest BCUT2D eigenvalue weighted by Crippen LogP contribution is -2.32. The third kappa shape index (κ3) is 2.57. The van der Waals surface area contributed by atoms with Gasteiger partial charge in [-0.2, -0.15) is 4.31 Å². The van der Waals surface area contributed by atoms with E-state index in [1.165, 1.54) is 10.4 Å². The predicted molar refractivity (Wildman–Crippen MR) is 60.3 cm³/mol. The summed E-state index contributed by atoms with van der Waals surface area (Å²) in [4.78, 5) is 0.658. The van der Waals surface area contributed by atoms with Gasteiger partial charge in [0.15, 0.2) is 0 Å². The molecule has 0 aliphatic heterocycles. The van der Waals surface area contributed by atoms with Gasteiger partial charge in [-0.1, -0.05) is 0 Å². The molecule has 6 heteroatoms. The Hall–Kier alpha value is -0.430. The number of aliphatic hydroxyl groups excluding tert-OH is 1. The molecule has 0 aliphatic carbocycles. The molecule has 0 atom stereocenters. The number of hydrogen-bond donors (Lipinski definition) is 1. The number of thiophene rings is 1. The Balaban J connectivity index is 3.06. The molecule has 0 spiro atoms. The molecule has 0 fully saturated rings. The van der Waals surface area contributed by atoms with E-state index >= 15 is 0 Å². The summed E-state index contributed by atoms with van der Waals surface area (Å²) in [6.45, 7) is 3.52. The van der Waals surface area contributed by atoms with E-state index in [4.69, 9.17) is 5.11 Å². The number of sulfonamides is 1. The largest absolute Gasteiger partial charge is 0.391 e. The first-order valence-electron chi connectivity index (χ1n) is 4.57. The van der Waals surface area contributed by atoms with Crippen molar-refractivity contribution in [3.8, 4) is 0 Å². The van der Waals surface area contributed by atoms with Crippen molar-refractivity contribution in [3.63, 3.8) is 0 Å². The summed E-state index contributed by atoms with van der Waals surface area (Å²) in [7, 11) is -1.83. The normalized spacial score (nSPS) is 12.7. The van der Waals surface area contributed by atoms with Crippen molar-refractivity contribution in [1.82, 2.24) is 4.31 Å². The summed E-state index contributed by atoms with van der Waals surface area (Å²) in [6.07, 6.45) is 0. The maximum atomic E-state index is 12.0. The van der Waals surface area contributed by atoms with Crippen LogP contribution in [-0.4, -0.2) is 30.9 Å². The highest BCUT2D eigenvalue weighted by atomic mass is 32.2. The highest BCUT2D eigenvalue weighted by Gasteiger charge is 2.24. The molecule has 0 aromatic carbocycles. The number of rotatable bonds is 4. The molecule has 1 N–H and O–H groups in total. The van der Waals surface area contributed by atoms with Crippen molar-refractivity contribution in [1.29, 1.82) is 0 Å². The van der Waals surface area contributed by atoms with E-state index in [2.05, 4.69) is 0 Å². The standard InChI is InChI=1S/C9H15NO3S2/c1-7(2)10(3)15(12,13)9-5-4-8(6-11)14-9/h4-5,7,11H,6H2,1-3H3. The minimum absolute atomic E-state index is 0.0744. The zero-order valence-electron chi connectivity index (χ0n) is 8.97. The van der Waals surface area contributed by atoms with E-state index in [9.17, 15) is 8.42 Å². The average Bonchev–Trinajstić information content (AvgIpc) is 2.65. The highest BCUT2D eigenvalue weighted by Crippen LogP contribution is 2.25. The number of aliphatic hydroxyl groups is 1. The van der Waals surface area contributed by atoms with Crippen LogP contribution in [0.1, 0.15) is 18.7 Å². The molecule has 4 nitrogen and oxygen atoms in total. The molecule has 1 aromatic heterocycles. The summed E-state index contributed by atoms with van der Waals surface area (Å²) < 4.78 is 25.5. The van der Waals surface area contributed by atoms with Gasteiger partial charge in [0.05, 0.1) is 6.61 Å². The number of hydrogen-bond acceptors (Lipinski definition) is 4. The van der Waals surface area contributed by atoms with Crippen molar-refractivity contribution < 1.29 is 13.5 Å². The summed E-state index contributed by atoms with van der Waals surface area (Å²) in [6, 6.07) is 3.09. The SMILES string of the molecule is CC(C)N(C)S(=O)(=O)c1ccc(CO)s1. The van der Waals surface area contributed by atoms with Gasteiger partial charge >= 0.3 is 0 Å². The van der Waals surface area contributed by atoms with Crippen molar-refractivity contribution in [2.24, 2.45) is 0 Å². The molecule has 1 aromatic rings. The van der Waals surface area contributed by atoms with Gasteiger partial charge < -0.3 is 5.11 Å². The molecule has 1 rings (SSSR count). The zero-order chi connectivity index (χ0) is 11.6. The first kappa shape index (κ1) is 12.6. The van der Waals surface area contributed by atoms with Crippen LogP contribution in [0.25, 0.3) is 0 Å². The quantitative estimate of drug-likeness (QED) is 0.874. The molecule has 15 heavy (non-hydrogen) atoms. The lowest BCUT2D eigenvalue weighted by molar-refractivity contribution is 0.285. The Kier molecular flexibility index (Phi) is 3.88. The topological polar surface area (TPSA) is 57.6 Å². The summed E-state index contributed by atoms with van der Waals surface area (Å²) in [5.74, 6) is 0. The molecule has 0 radical (unpaired) electrons. The molecule has 0 saturated carbocycles. The van der Waals surface area contributed by atoms with Gasteiger partial charge in [-0.3, -0.25) is 0 Å². The molecular formula is C9H15NO3S2. The van der Waals surface area contributed by atoms with Gasteiger partial charge in [0.1, 0.15) is 4.21 Å². The Labute approximate surface area is 94.2 Å². The third-order valence-corrected chi connectivity index (χ3v) is 5.72. The fraction of sp³-hybridized carbons (Fsp3) is 0.556. The van der Waals surface area contributed by atoms with Crippen molar-refractivity contribution in [3.05, 3.63) is 17.0 Å². The molecule has 1 heterocycles. The van der Waals surface area contributed by atoms with Crippen LogP contribution in [-0.2, 0) is 16.6 Å². The van der Waals surface area contributed by atoms with Gasteiger partial charge in [0.25, 0.3) is 10.0 Å². The number of nitrogens with zero attached hydrogens (tertiary/aromatic N) is 1. The second kappa shape index (κ2) is 4.61. The summed E-state index contributed by atoms with van der Waals surface area (Å²) >= 11 is 1.11. The second-order valence-corrected chi connectivity index (χ2v) is 6.89. The van der Waals surface area contributed by atoms with Crippen molar-refractivity contribution in [2.45, 2.75) is 30.7 Å². The summed E-state index contributed by atoms with van der Waals surface area (Å²) in [5.41, 5.74) is 0. The van der Waals surface area contributed by atoms with Gasteiger partial charge in [-0.05, 0) is 26.0 Å². The molecule has 0 bridgehead atoms. The Bertz CT molecular complexity index is 422. The zero-order valence-corrected chi connectivity index (χ0v) is 10.6. The molecule has 0 amide bonds. The van der Waals surface area contributed by atoms with E-state index in [0.29, 0.717) is 4.88 Å². The monoisotopic (exact) mass is 249 g/mol. The van der Waals surface area contributed by atoms with Crippen molar-refractivity contribution >= 4 is 21.4 Å². The Morgan fingerprint density at radius 2 is 2.07 bits per heavy atom. The van der Waals surface area contributed by atoms with Gasteiger partial charge in [-0.15, -0.1) is 11.3 Å². The van der Waals surface area contributed by atoms with Crippen LogP contribution in [0.4, 0.5) is 0 Å². The second-order valence-electron chi connectivity index (χ2n) is 3.49. The van der Waals surface area contributed by atoms with E-state index in [-0.39, 0.29) is 16.9 Å².